The van der Waals surface area contributed by atoms with E-state index in [1.165, 1.54) is 25.2 Å². The molecule has 0 unspecified atom stereocenters. The highest BCUT2D eigenvalue weighted by Gasteiger charge is 2.36. The number of carbonyl (C=O) groups is 1. The van der Waals surface area contributed by atoms with Crippen molar-refractivity contribution in [2.75, 3.05) is 36.0 Å². The van der Waals surface area contributed by atoms with Gasteiger partial charge in [-0.1, -0.05) is 0 Å². The number of rotatable bonds is 6. The number of hydrogen-bond acceptors (Lipinski definition) is 7. The molecule has 0 aromatic heterocycles. The zero-order valence-electron chi connectivity index (χ0n) is 20.0. The number of halogens is 1. The molecule has 2 aromatic rings. The second kappa shape index (κ2) is 9.63. The fraction of sp³-hybridized carbons (Fsp3) is 0.409. The summed E-state index contributed by atoms with van der Waals surface area (Å²) in [6, 6.07) is 8.74. The zero-order chi connectivity index (χ0) is 26.2. The van der Waals surface area contributed by atoms with Gasteiger partial charge in [0.25, 0.3) is 10.0 Å². The van der Waals surface area contributed by atoms with Gasteiger partial charge in [-0.15, -0.1) is 0 Å². The molecule has 13 heteroatoms. The lowest BCUT2D eigenvalue weighted by atomic mass is 10.2. The molecule has 35 heavy (non-hydrogen) atoms. The first-order valence-corrected chi connectivity index (χ1v) is 13.9. The Labute approximate surface area is 204 Å². The maximum atomic E-state index is 13.5. The third-order valence-corrected chi connectivity index (χ3v) is 8.04. The summed E-state index contributed by atoms with van der Waals surface area (Å²) < 4.78 is 77.5. The summed E-state index contributed by atoms with van der Waals surface area (Å²) in [6.07, 6.45) is -0.525. The minimum atomic E-state index is -4.20. The van der Waals surface area contributed by atoms with Crippen molar-refractivity contribution < 1.29 is 35.5 Å². The first-order chi connectivity index (χ1) is 16.1. The maximum Gasteiger partial charge on any atom is 0.412 e. The number of nitrogens with one attached hydrogen (secondary N) is 1. The predicted octanol–water partition coefficient (Wildman–Crippen LogP) is 3.02. The van der Waals surface area contributed by atoms with Crippen LogP contribution in [0.15, 0.2) is 47.4 Å². The van der Waals surface area contributed by atoms with E-state index >= 15 is 0 Å². The van der Waals surface area contributed by atoms with E-state index in [1.54, 1.807) is 20.8 Å². The maximum absolute atomic E-state index is 13.5. The molecular weight excluding hydrogens is 501 g/mol. The van der Waals surface area contributed by atoms with Gasteiger partial charge in [-0.05, 0) is 63.2 Å². The minimum absolute atomic E-state index is 0.106. The molecule has 10 nitrogen and oxygen atoms in total. The van der Waals surface area contributed by atoms with Crippen molar-refractivity contribution in [3.8, 4) is 5.75 Å². The Bertz CT molecular complexity index is 1310. The highest BCUT2D eigenvalue weighted by molar-refractivity contribution is 7.92. The Hall–Kier alpha value is -2.90. The number of ether oxygens (including phenoxy) is 2. The van der Waals surface area contributed by atoms with Crippen molar-refractivity contribution in [1.82, 2.24) is 4.31 Å². The van der Waals surface area contributed by atoms with E-state index in [0.29, 0.717) is 0 Å². The van der Waals surface area contributed by atoms with Crippen LogP contribution in [0.1, 0.15) is 20.8 Å². The number of fused-ring (bicyclic) bond motifs is 1. The summed E-state index contributed by atoms with van der Waals surface area (Å²) in [6.45, 7) is 4.79. The summed E-state index contributed by atoms with van der Waals surface area (Å²) in [5.41, 5.74) is -0.355. The van der Waals surface area contributed by atoms with E-state index in [2.05, 4.69) is 5.32 Å². The number of sulfonamides is 2. The van der Waals surface area contributed by atoms with Crippen molar-refractivity contribution in [1.29, 1.82) is 0 Å². The summed E-state index contributed by atoms with van der Waals surface area (Å²) >= 11 is 0. The second-order valence-electron chi connectivity index (χ2n) is 9.08. The summed E-state index contributed by atoms with van der Waals surface area (Å²) in [5, 5.41) is 2.56. The van der Waals surface area contributed by atoms with E-state index in [4.69, 9.17) is 9.47 Å². The van der Waals surface area contributed by atoms with Gasteiger partial charge in [-0.2, -0.15) is 0 Å². The van der Waals surface area contributed by atoms with Gasteiger partial charge in [-0.3, -0.25) is 9.62 Å². The highest BCUT2D eigenvalue weighted by Crippen LogP contribution is 2.39. The van der Waals surface area contributed by atoms with Crippen LogP contribution in [0.2, 0.25) is 0 Å². The Morgan fingerprint density at radius 2 is 1.80 bits per heavy atom. The van der Waals surface area contributed by atoms with Crippen molar-refractivity contribution in [2.45, 2.75) is 37.4 Å². The van der Waals surface area contributed by atoms with Crippen LogP contribution in [0, 0.1) is 5.82 Å². The molecule has 0 spiro atoms. The second-order valence-corrected chi connectivity index (χ2v) is 13.0. The topological polar surface area (TPSA) is 122 Å². The van der Waals surface area contributed by atoms with Crippen LogP contribution >= 0.6 is 0 Å². The minimum Gasteiger partial charge on any atom is -0.485 e. The van der Waals surface area contributed by atoms with Crippen molar-refractivity contribution >= 4 is 37.5 Å². The third kappa shape index (κ3) is 6.61. The lowest BCUT2D eigenvalue weighted by molar-refractivity contribution is 0.0636. The van der Waals surface area contributed by atoms with Crippen molar-refractivity contribution in [3.05, 3.63) is 48.3 Å². The monoisotopic (exact) mass is 529 g/mol. The summed E-state index contributed by atoms with van der Waals surface area (Å²) in [5.74, 6) is -0.425. The van der Waals surface area contributed by atoms with Gasteiger partial charge in [0.05, 0.1) is 29.9 Å². The van der Waals surface area contributed by atoms with Gasteiger partial charge in [0.1, 0.15) is 23.3 Å². The number of carbonyl (C=O) groups excluding carboxylic acids is 1. The molecule has 1 N–H and O–H groups in total. The molecule has 1 heterocycles. The fourth-order valence-electron chi connectivity index (χ4n) is 3.29. The number of anilines is 2. The smallest absolute Gasteiger partial charge is 0.412 e. The molecule has 0 radical (unpaired) electrons. The van der Waals surface area contributed by atoms with Crippen LogP contribution in [-0.2, 0) is 24.8 Å². The van der Waals surface area contributed by atoms with Crippen molar-refractivity contribution in [2.24, 2.45) is 0 Å². The average Bonchev–Trinajstić information content (AvgIpc) is 2.71. The largest absolute Gasteiger partial charge is 0.485 e. The molecule has 1 amide bonds. The lowest BCUT2D eigenvalue weighted by Crippen LogP contribution is -2.48. The molecule has 0 aliphatic carbocycles. The Balaban J connectivity index is 2.01. The Kier molecular flexibility index (Phi) is 7.34. The first-order valence-electron chi connectivity index (χ1n) is 10.6. The van der Waals surface area contributed by atoms with Gasteiger partial charge < -0.3 is 9.47 Å². The number of nitrogens with zero attached hydrogens (tertiary/aromatic N) is 2. The van der Waals surface area contributed by atoms with E-state index in [0.717, 1.165) is 39.1 Å². The van der Waals surface area contributed by atoms with E-state index in [-0.39, 0.29) is 35.1 Å². The number of hydrogen-bond donors (Lipinski definition) is 1. The third-order valence-electron chi connectivity index (χ3n) is 4.96. The van der Waals surface area contributed by atoms with Gasteiger partial charge in [0.2, 0.25) is 10.0 Å². The fourth-order valence-corrected chi connectivity index (χ4v) is 5.23. The molecule has 2 aromatic carbocycles. The van der Waals surface area contributed by atoms with E-state index < -0.39 is 43.7 Å². The summed E-state index contributed by atoms with van der Waals surface area (Å²) in [7, 11) is -6.38. The van der Waals surface area contributed by atoms with Gasteiger partial charge in [0, 0.05) is 12.7 Å². The number of likely N-dealkylation sites (N-methyl/N-ethyl adjacent to an activating group) is 1. The number of amides is 1. The van der Waals surface area contributed by atoms with Crippen molar-refractivity contribution in [3.63, 3.8) is 0 Å². The predicted molar refractivity (Wildman–Crippen MR) is 129 cm³/mol. The van der Waals surface area contributed by atoms with Crippen LogP contribution in [0.25, 0.3) is 0 Å². The highest BCUT2D eigenvalue weighted by atomic mass is 32.2. The normalized spacial score (nSPS) is 16.4. The Morgan fingerprint density at radius 3 is 2.37 bits per heavy atom. The molecule has 0 saturated carbocycles. The average molecular weight is 530 g/mol. The molecule has 1 aliphatic rings. The van der Waals surface area contributed by atoms with E-state index in [9.17, 15) is 26.0 Å². The molecule has 192 valence electrons. The molecule has 0 saturated heterocycles. The van der Waals surface area contributed by atoms with Crippen LogP contribution in [0.5, 0.6) is 5.75 Å². The quantitative estimate of drug-likeness (QED) is 0.610. The van der Waals surface area contributed by atoms with Crippen LogP contribution in [-0.4, -0.2) is 65.3 Å². The molecular formula is C22H28FN3O7S2. The number of benzene rings is 2. The van der Waals surface area contributed by atoms with Crippen LogP contribution in [0.4, 0.5) is 20.6 Å². The van der Waals surface area contributed by atoms with Crippen LogP contribution < -0.4 is 14.4 Å². The molecule has 0 fully saturated rings. The Morgan fingerprint density at radius 1 is 1.17 bits per heavy atom. The standard InChI is InChI=1S/C22H28FN3O7S2/c1-22(2,3)33-21(27)24-16-8-11-20-19(12-16)26(14-17(32-20)13-25(4)34(5,28)29)35(30,31)18-9-6-15(23)7-10-18/h6-12,17H,13-14H2,1-5H3,(H,24,27)/t17-/m0/s1. The van der Waals surface area contributed by atoms with Crippen LogP contribution in [0.3, 0.4) is 0 Å². The zero-order valence-corrected chi connectivity index (χ0v) is 21.6. The molecule has 1 atom stereocenters. The molecule has 3 rings (SSSR count). The molecule has 0 bridgehead atoms. The van der Waals surface area contributed by atoms with Gasteiger partial charge in [0.15, 0.2) is 0 Å². The lowest BCUT2D eigenvalue weighted by Gasteiger charge is -2.36. The van der Waals surface area contributed by atoms with Gasteiger partial charge in [-0.25, -0.2) is 30.3 Å². The summed E-state index contributed by atoms with van der Waals surface area (Å²) in [4.78, 5) is 12.0. The van der Waals surface area contributed by atoms with Gasteiger partial charge >= 0.3 is 6.09 Å². The van der Waals surface area contributed by atoms with E-state index in [1.807, 2.05) is 0 Å². The molecule has 1 aliphatic heterocycles. The SMILES string of the molecule is CN(C[C@H]1CN(S(=O)(=O)c2ccc(F)cc2)c2cc(NC(=O)OC(C)(C)C)ccc2O1)S(C)(=O)=O. The first kappa shape index (κ1) is 26.7.